The Bertz CT molecular complexity index is 1050. The van der Waals surface area contributed by atoms with Gasteiger partial charge in [-0.1, -0.05) is 36.4 Å². The van der Waals surface area contributed by atoms with Crippen molar-refractivity contribution in [3.63, 3.8) is 0 Å². The highest BCUT2D eigenvalue weighted by molar-refractivity contribution is 5.97. The fourth-order valence-corrected chi connectivity index (χ4v) is 3.09. The molecule has 3 rings (SSSR count). The minimum absolute atomic E-state index is 0.0473. The SMILES string of the molecule is CC(=O)c1ccc(OCc2ccc(Cc3cccc(C(=O)O)c3)cc2)c(C)c1O. The van der Waals surface area contributed by atoms with Crippen LogP contribution in [0.1, 0.15) is 49.9 Å². The molecule has 0 unspecified atom stereocenters. The number of carboxylic acid groups (broad SMARTS) is 1. The quantitative estimate of drug-likeness (QED) is 0.568. The average molecular weight is 390 g/mol. The van der Waals surface area contributed by atoms with E-state index in [1.54, 1.807) is 37.3 Å². The first kappa shape index (κ1) is 20.1. The third-order valence-electron chi connectivity index (χ3n) is 4.76. The predicted octanol–water partition coefficient (Wildman–Crippen LogP) is 4.77. The Balaban J connectivity index is 1.66. The van der Waals surface area contributed by atoms with Crippen LogP contribution in [0.25, 0.3) is 0 Å². The number of phenolic OH excluding ortho intramolecular Hbond substituents is 1. The van der Waals surface area contributed by atoms with Crippen molar-refractivity contribution < 1.29 is 24.5 Å². The average Bonchev–Trinajstić information content (AvgIpc) is 2.70. The molecule has 0 amide bonds. The topological polar surface area (TPSA) is 83.8 Å². The summed E-state index contributed by atoms with van der Waals surface area (Å²) in [4.78, 5) is 22.6. The van der Waals surface area contributed by atoms with E-state index in [1.165, 1.54) is 6.92 Å². The van der Waals surface area contributed by atoms with Crippen molar-refractivity contribution in [2.24, 2.45) is 0 Å². The van der Waals surface area contributed by atoms with Crippen LogP contribution in [0, 0.1) is 6.92 Å². The van der Waals surface area contributed by atoms with Crippen LogP contribution in [0.15, 0.2) is 60.7 Å². The Morgan fingerprint density at radius 3 is 2.28 bits per heavy atom. The molecule has 2 N–H and O–H groups in total. The Kier molecular flexibility index (Phi) is 5.98. The molecule has 5 nitrogen and oxygen atoms in total. The van der Waals surface area contributed by atoms with Crippen molar-refractivity contribution in [2.45, 2.75) is 26.9 Å². The molecule has 148 valence electrons. The molecule has 3 aromatic rings. The molecule has 0 aliphatic rings. The summed E-state index contributed by atoms with van der Waals surface area (Å²) < 4.78 is 5.80. The van der Waals surface area contributed by atoms with Gasteiger partial charge in [0, 0.05) is 5.56 Å². The lowest BCUT2D eigenvalue weighted by molar-refractivity contribution is 0.0696. The van der Waals surface area contributed by atoms with E-state index in [0.717, 1.165) is 16.7 Å². The van der Waals surface area contributed by atoms with Crippen LogP contribution >= 0.6 is 0 Å². The second kappa shape index (κ2) is 8.61. The molecule has 5 heteroatoms. The summed E-state index contributed by atoms with van der Waals surface area (Å²) in [5.41, 5.74) is 4.06. The standard InChI is InChI=1S/C24H22O5/c1-15-22(11-10-21(16(2)25)23(15)26)29-14-18-8-6-17(7-9-18)12-19-4-3-5-20(13-19)24(27)28/h3-11,13,26H,12,14H2,1-2H3,(H,27,28). The Labute approximate surface area is 169 Å². The van der Waals surface area contributed by atoms with Gasteiger partial charge >= 0.3 is 5.97 Å². The van der Waals surface area contributed by atoms with Gasteiger partial charge in [-0.3, -0.25) is 4.79 Å². The van der Waals surface area contributed by atoms with Crippen LogP contribution < -0.4 is 4.74 Å². The number of ketones is 1. The van der Waals surface area contributed by atoms with Crippen molar-refractivity contribution >= 4 is 11.8 Å². The fraction of sp³-hybridized carbons (Fsp3) is 0.167. The van der Waals surface area contributed by atoms with Gasteiger partial charge in [-0.2, -0.15) is 0 Å². The van der Waals surface area contributed by atoms with Crippen molar-refractivity contribution in [1.82, 2.24) is 0 Å². The number of aromatic hydroxyl groups is 1. The van der Waals surface area contributed by atoms with E-state index in [9.17, 15) is 14.7 Å². The largest absolute Gasteiger partial charge is 0.507 e. The fourth-order valence-electron chi connectivity index (χ4n) is 3.09. The Hall–Kier alpha value is -3.60. The van der Waals surface area contributed by atoms with Crippen LogP contribution in [0.5, 0.6) is 11.5 Å². The third-order valence-corrected chi connectivity index (χ3v) is 4.76. The van der Waals surface area contributed by atoms with E-state index in [2.05, 4.69) is 0 Å². The molecule has 0 radical (unpaired) electrons. The van der Waals surface area contributed by atoms with Crippen molar-refractivity contribution in [2.75, 3.05) is 0 Å². The summed E-state index contributed by atoms with van der Waals surface area (Å²) in [7, 11) is 0. The summed E-state index contributed by atoms with van der Waals surface area (Å²) in [6, 6.07) is 18.0. The van der Waals surface area contributed by atoms with Gasteiger partial charge in [-0.15, -0.1) is 0 Å². The zero-order valence-electron chi connectivity index (χ0n) is 16.3. The highest BCUT2D eigenvalue weighted by Gasteiger charge is 2.13. The number of phenols is 1. The Morgan fingerprint density at radius 2 is 1.62 bits per heavy atom. The predicted molar refractivity (Wildman–Crippen MR) is 110 cm³/mol. The van der Waals surface area contributed by atoms with Gasteiger partial charge < -0.3 is 14.9 Å². The molecule has 29 heavy (non-hydrogen) atoms. The van der Waals surface area contributed by atoms with Gasteiger partial charge in [-0.25, -0.2) is 4.79 Å². The van der Waals surface area contributed by atoms with Crippen LogP contribution in [0.3, 0.4) is 0 Å². The molecule has 0 aliphatic carbocycles. The summed E-state index contributed by atoms with van der Waals surface area (Å²) in [5, 5.41) is 19.2. The monoisotopic (exact) mass is 390 g/mol. The van der Waals surface area contributed by atoms with Crippen LogP contribution in [0.2, 0.25) is 0 Å². The zero-order valence-corrected chi connectivity index (χ0v) is 16.3. The first-order valence-electron chi connectivity index (χ1n) is 9.21. The highest BCUT2D eigenvalue weighted by Crippen LogP contribution is 2.31. The van der Waals surface area contributed by atoms with Gasteiger partial charge in [0.2, 0.25) is 0 Å². The third kappa shape index (κ3) is 4.82. The number of carbonyl (C=O) groups is 2. The lowest BCUT2D eigenvalue weighted by Gasteiger charge is -2.12. The van der Waals surface area contributed by atoms with Crippen LogP contribution in [-0.4, -0.2) is 22.0 Å². The molecule has 0 atom stereocenters. The number of rotatable bonds is 7. The maximum atomic E-state index is 11.5. The minimum Gasteiger partial charge on any atom is -0.507 e. The summed E-state index contributed by atoms with van der Waals surface area (Å²) in [6.45, 7) is 3.45. The maximum absolute atomic E-state index is 11.5. The first-order valence-corrected chi connectivity index (χ1v) is 9.21. The highest BCUT2D eigenvalue weighted by atomic mass is 16.5. The van der Waals surface area contributed by atoms with Crippen molar-refractivity contribution in [3.8, 4) is 11.5 Å². The number of carbonyl (C=O) groups excluding carboxylic acids is 1. The second-order valence-corrected chi connectivity index (χ2v) is 6.93. The molecular weight excluding hydrogens is 368 g/mol. The molecule has 0 saturated heterocycles. The van der Waals surface area contributed by atoms with Gasteiger partial charge in [0.15, 0.2) is 5.78 Å². The number of carboxylic acids is 1. The minimum atomic E-state index is -0.933. The molecule has 0 aliphatic heterocycles. The summed E-state index contributed by atoms with van der Waals surface area (Å²) >= 11 is 0. The number of ether oxygens (including phenoxy) is 1. The molecule has 0 spiro atoms. The lowest BCUT2D eigenvalue weighted by atomic mass is 10.0. The molecule has 0 fully saturated rings. The molecule has 0 bridgehead atoms. The zero-order chi connectivity index (χ0) is 21.0. The smallest absolute Gasteiger partial charge is 0.335 e. The number of Topliss-reactive ketones (excluding diaryl/α,β-unsaturated/α-hetero) is 1. The van der Waals surface area contributed by atoms with E-state index in [4.69, 9.17) is 9.84 Å². The van der Waals surface area contributed by atoms with Crippen molar-refractivity contribution in [1.29, 1.82) is 0 Å². The van der Waals surface area contributed by atoms with Gasteiger partial charge in [0.05, 0.1) is 11.1 Å². The molecule has 0 heterocycles. The van der Waals surface area contributed by atoms with Gasteiger partial charge in [-0.05, 0) is 61.2 Å². The molecular formula is C24H22O5. The van der Waals surface area contributed by atoms with Crippen LogP contribution in [-0.2, 0) is 13.0 Å². The number of hydrogen-bond acceptors (Lipinski definition) is 4. The van der Waals surface area contributed by atoms with E-state index >= 15 is 0 Å². The summed E-state index contributed by atoms with van der Waals surface area (Å²) in [5.74, 6) is -0.644. The van der Waals surface area contributed by atoms with Crippen LogP contribution in [0.4, 0.5) is 0 Å². The summed E-state index contributed by atoms with van der Waals surface area (Å²) in [6.07, 6.45) is 0.641. The van der Waals surface area contributed by atoms with E-state index in [1.807, 2.05) is 30.3 Å². The van der Waals surface area contributed by atoms with Gasteiger partial charge in [0.1, 0.15) is 18.1 Å². The number of aromatic carboxylic acids is 1. The number of benzene rings is 3. The lowest BCUT2D eigenvalue weighted by Crippen LogP contribution is -2.00. The van der Waals surface area contributed by atoms with E-state index in [-0.39, 0.29) is 22.7 Å². The van der Waals surface area contributed by atoms with E-state index < -0.39 is 5.97 Å². The normalized spacial score (nSPS) is 10.6. The maximum Gasteiger partial charge on any atom is 0.335 e. The number of hydrogen-bond donors (Lipinski definition) is 2. The van der Waals surface area contributed by atoms with Crippen molar-refractivity contribution in [3.05, 3.63) is 94.0 Å². The Morgan fingerprint density at radius 1 is 0.931 bits per heavy atom. The van der Waals surface area contributed by atoms with E-state index in [0.29, 0.717) is 24.3 Å². The second-order valence-electron chi connectivity index (χ2n) is 6.93. The first-order chi connectivity index (χ1) is 13.8. The molecule has 0 aromatic heterocycles. The molecule has 3 aromatic carbocycles. The van der Waals surface area contributed by atoms with Gasteiger partial charge in [0.25, 0.3) is 0 Å². The molecule has 0 saturated carbocycles.